The first-order chi connectivity index (χ1) is 16.9. The lowest BCUT2D eigenvalue weighted by Crippen LogP contribution is -2.61. The minimum Gasteiger partial charge on any atom is -0.478 e. The maximum atomic E-state index is 13.7. The van der Waals surface area contributed by atoms with Crippen LogP contribution in [0.2, 0.25) is 0 Å². The molecule has 3 N–H and O–H groups in total. The van der Waals surface area contributed by atoms with Gasteiger partial charge in [0.05, 0.1) is 5.56 Å². The summed E-state index contributed by atoms with van der Waals surface area (Å²) in [5.74, 6) is -2.94. The molecule has 0 saturated heterocycles. The zero-order valence-corrected chi connectivity index (χ0v) is 18.7. The number of carboxylic acids is 1. The van der Waals surface area contributed by atoms with E-state index in [4.69, 9.17) is 9.84 Å². The van der Waals surface area contributed by atoms with Gasteiger partial charge in [0, 0.05) is 11.6 Å². The van der Waals surface area contributed by atoms with Crippen molar-refractivity contribution in [1.29, 1.82) is 0 Å². The maximum absolute atomic E-state index is 13.7. The van der Waals surface area contributed by atoms with E-state index in [0.717, 1.165) is 40.8 Å². The molecule has 2 aliphatic carbocycles. The van der Waals surface area contributed by atoms with Crippen molar-refractivity contribution in [1.82, 2.24) is 5.32 Å². The lowest BCUT2D eigenvalue weighted by Gasteiger charge is -2.40. The Labute approximate surface area is 200 Å². The summed E-state index contributed by atoms with van der Waals surface area (Å²) >= 11 is 0. The number of fused-ring (bicyclic) bond motifs is 3. The Kier molecular flexibility index (Phi) is 5.72. The van der Waals surface area contributed by atoms with Crippen molar-refractivity contribution in [2.75, 3.05) is 11.9 Å². The van der Waals surface area contributed by atoms with Gasteiger partial charge in [-0.2, -0.15) is 0 Å². The minimum absolute atomic E-state index is 0.104. The van der Waals surface area contributed by atoms with Crippen LogP contribution in [0.1, 0.15) is 46.7 Å². The summed E-state index contributed by atoms with van der Waals surface area (Å²) in [6, 6.07) is 19.3. The van der Waals surface area contributed by atoms with E-state index in [0.29, 0.717) is 12.8 Å². The largest absolute Gasteiger partial charge is 0.478 e. The standard InChI is InChI=1S/C27H23FN2O5/c28-23-11-10-16(14-21(23)24(31)32)29-25(33)27(12-5-13-27)30-26(34)35-15-22-19-8-3-1-6-17(19)18-7-2-4-9-20(18)22/h1-4,6-11,14,22H,5,12-13,15H2,(H,29,33)(H,30,34)(H,31,32). The Morgan fingerprint density at radius 3 is 2.17 bits per heavy atom. The number of rotatable bonds is 6. The number of hydrogen-bond donors (Lipinski definition) is 3. The quantitative estimate of drug-likeness (QED) is 0.470. The third kappa shape index (κ3) is 4.12. The van der Waals surface area contributed by atoms with Gasteiger partial charge in [-0.3, -0.25) is 4.79 Å². The van der Waals surface area contributed by atoms with Crippen LogP contribution in [0, 0.1) is 5.82 Å². The Morgan fingerprint density at radius 1 is 0.971 bits per heavy atom. The molecule has 1 fully saturated rings. The number of benzene rings is 3. The Hall–Kier alpha value is -4.20. The summed E-state index contributed by atoms with van der Waals surface area (Å²) in [4.78, 5) is 36.9. The zero-order chi connectivity index (χ0) is 24.6. The fourth-order valence-corrected chi connectivity index (χ4v) is 4.79. The molecule has 0 spiro atoms. The molecule has 0 bridgehead atoms. The van der Waals surface area contributed by atoms with Crippen LogP contribution in [0.25, 0.3) is 11.1 Å². The van der Waals surface area contributed by atoms with Crippen LogP contribution in [0.3, 0.4) is 0 Å². The third-order valence-electron chi connectivity index (χ3n) is 6.78. The summed E-state index contributed by atoms with van der Waals surface area (Å²) in [6.07, 6.45) is 0.861. The number of halogens is 1. The molecule has 3 aromatic carbocycles. The molecule has 178 valence electrons. The molecular weight excluding hydrogens is 451 g/mol. The Morgan fingerprint density at radius 2 is 1.60 bits per heavy atom. The number of carboxylic acid groups (broad SMARTS) is 1. The molecule has 0 aliphatic heterocycles. The average molecular weight is 474 g/mol. The van der Waals surface area contributed by atoms with Gasteiger partial charge in [-0.05, 0) is 59.7 Å². The summed E-state index contributed by atoms with van der Waals surface area (Å²) in [5.41, 5.74) is 2.83. The smallest absolute Gasteiger partial charge is 0.408 e. The second-order valence-electron chi connectivity index (χ2n) is 8.84. The van der Waals surface area contributed by atoms with Crippen molar-refractivity contribution in [2.45, 2.75) is 30.7 Å². The highest BCUT2D eigenvalue weighted by molar-refractivity contribution is 6.01. The van der Waals surface area contributed by atoms with Crippen LogP contribution >= 0.6 is 0 Å². The highest BCUT2D eigenvalue weighted by Gasteiger charge is 2.46. The second kappa shape index (κ2) is 8.87. The van der Waals surface area contributed by atoms with Crippen molar-refractivity contribution >= 4 is 23.7 Å². The number of carbonyl (C=O) groups excluding carboxylic acids is 2. The summed E-state index contributed by atoms with van der Waals surface area (Å²) < 4.78 is 19.3. The SMILES string of the molecule is O=C(NC1(C(=O)Nc2ccc(F)c(C(=O)O)c2)CCC1)OCC1c2ccccc2-c2ccccc21. The van der Waals surface area contributed by atoms with E-state index < -0.39 is 34.9 Å². The van der Waals surface area contributed by atoms with Gasteiger partial charge in [-0.1, -0.05) is 48.5 Å². The van der Waals surface area contributed by atoms with Gasteiger partial charge in [0.15, 0.2) is 0 Å². The molecule has 2 aliphatic rings. The minimum atomic E-state index is -1.44. The van der Waals surface area contributed by atoms with Crippen molar-refractivity contribution in [3.63, 3.8) is 0 Å². The molecule has 0 unspecified atom stereocenters. The molecule has 0 radical (unpaired) electrons. The van der Waals surface area contributed by atoms with Crippen LogP contribution < -0.4 is 10.6 Å². The van der Waals surface area contributed by atoms with Crippen LogP contribution in [0.15, 0.2) is 66.7 Å². The van der Waals surface area contributed by atoms with Gasteiger partial charge < -0.3 is 20.5 Å². The van der Waals surface area contributed by atoms with Crippen LogP contribution in [0.5, 0.6) is 0 Å². The number of ether oxygens (including phenoxy) is 1. The average Bonchev–Trinajstić information content (AvgIpc) is 3.15. The van der Waals surface area contributed by atoms with E-state index in [1.807, 2.05) is 48.5 Å². The topological polar surface area (TPSA) is 105 Å². The number of amides is 2. The van der Waals surface area contributed by atoms with Crippen LogP contribution in [-0.2, 0) is 9.53 Å². The van der Waals surface area contributed by atoms with E-state index in [-0.39, 0.29) is 18.2 Å². The molecule has 3 aromatic rings. The number of aromatic carboxylic acids is 1. The first-order valence-electron chi connectivity index (χ1n) is 11.4. The first-order valence-corrected chi connectivity index (χ1v) is 11.4. The number of alkyl carbamates (subject to hydrolysis) is 1. The number of hydrogen-bond acceptors (Lipinski definition) is 4. The summed E-state index contributed by atoms with van der Waals surface area (Å²) in [6.45, 7) is 0.123. The molecular formula is C27H23FN2O5. The van der Waals surface area contributed by atoms with Gasteiger partial charge in [-0.25, -0.2) is 14.0 Å². The number of carbonyl (C=O) groups is 3. The van der Waals surface area contributed by atoms with Gasteiger partial charge in [0.25, 0.3) is 0 Å². The molecule has 0 atom stereocenters. The molecule has 35 heavy (non-hydrogen) atoms. The zero-order valence-electron chi connectivity index (χ0n) is 18.7. The first kappa shape index (κ1) is 22.6. The van der Waals surface area contributed by atoms with Crippen molar-refractivity contribution in [2.24, 2.45) is 0 Å². The summed E-state index contributed by atoms with van der Waals surface area (Å²) in [7, 11) is 0. The van der Waals surface area contributed by atoms with Gasteiger partial charge in [-0.15, -0.1) is 0 Å². The third-order valence-corrected chi connectivity index (χ3v) is 6.78. The Bertz CT molecular complexity index is 1290. The fraction of sp³-hybridized carbons (Fsp3) is 0.222. The molecule has 0 heterocycles. The van der Waals surface area contributed by atoms with E-state index in [1.54, 1.807) is 0 Å². The summed E-state index contributed by atoms with van der Waals surface area (Å²) in [5, 5.41) is 14.4. The molecule has 2 amide bonds. The fourth-order valence-electron chi connectivity index (χ4n) is 4.79. The lowest BCUT2D eigenvalue weighted by molar-refractivity contribution is -0.125. The van der Waals surface area contributed by atoms with Gasteiger partial charge in [0.1, 0.15) is 18.0 Å². The van der Waals surface area contributed by atoms with Crippen molar-refractivity contribution in [3.8, 4) is 11.1 Å². The molecule has 7 nitrogen and oxygen atoms in total. The Balaban J connectivity index is 1.26. The number of anilines is 1. The normalized spacial score (nSPS) is 15.3. The van der Waals surface area contributed by atoms with Gasteiger partial charge in [0.2, 0.25) is 5.91 Å². The molecule has 1 saturated carbocycles. The van der Waals surface area contributed by atoms with Crippen LogP contribution in [0.4, 0.5) is 14.9 Å². The highest BCUT2D eigenvalue weighted by Crippen LogP contribution is 2.44. The molecule has 0 aromatic heterocycles. The van der Waals surface area contributed by atoms with Gasteiger partial charge >= 0.3 is 12.1 Å². The second-order valence-corrected chi connectivity index (χ2v) is 8.84. The predicted octanol–water partition coefficient (Wildman–Crippen LogP) is 4.92. The highest BCUT2D eigenvalue weighted by atomic mass is 19.1. The van der Waals surface area contributed by atoms with Crippen molar-refractivity contribution in [3.05, 3.63) is 89.2 Å². The van der Waals surface area contributed by atoms with Crippen LogP contribution in [-0.4, -0.2) is 35.2 Å². The lowest BCUT2D eigenvalue weighted by atomic mass is 9.76. The monoisotopic (exact) mass is 474 g/mol. The maximum Gasteiger partial charge on any atom is 0.408 e. The van der Waals surface area contributed by atoms with E-state index in [9.17, 15) is 18.8 Å². The van der Waals surface area contributed by atoms with E-state index >= 15 is 0 Å². The van der Waals surface area contributed by atoms with E-state index in [2.05, 4.69) is 10.6 Å². The molecule has 5 rings (SSSR count). The molecule has 8 heteroatoms. The predicted molar refractivity (Wildman–Crippen MR) is 127 cm³/mol. The van der Waals surface area contributed by atoms with E-state index in [1.165, 1.54) is 6.07 Å². The number of nitrogens with one attached hydrogen (secondary N) is 2. The van der Waals surface area contributed by atoms with Crippen molar-refractivity contribution < 1.29 is 28.6 Å².